The summed E-state index contributed by atoms with van der Waals surface area (Å²) in [5, 5.41) is 8.95. The number of rotatable bonds is 5. The maximum absolute atomic E-state index is 11.9. The average molecular weight is 214 g/mol. The van der Waals surface area contributed by atoms with Crippen molar-refractivity contribution in [2.24, 2.45) is 5.73 Å². The van der Waals surface area contributed by atoms with Gasteiger partial charge in [0.1, 0.15) is 0 Å². The molecule has 4 heteroatoms. The van der Waals surface area contributed by atoms with Crippen LogP contribution in [-0.4, -0.2) is 41.1 Å². The predicted molar refractivity (Wildman–Crippen MR) is 59.3 cm³/mol. The molecule has 0 aromatic carbocycles. The fraction of sp³-hybridized carbons (Fsp3) is 0.909. The Balaban J connectivity index is 2.51. The van der Waals surface area contributed by atoms with Gasteiger partial charge in [-0.05, 0) is 19.8 Å². The zero-order valence-electron chi connectivity index (χ0n) is 9.48. The Labute approximate surface area is 91.4 Å². The molecule has 1 fully saturated rings. The van der Waals surface area contributed by atoms with Gasteiger partial charge >= 0.3 is 0 Å². The molecular weight excluding hydrogens is 192 g/mol. The van der Waals surface area contributed by atoms with Gasteiger partial charge in [-0.1, -0.05) is 12.8 Å². The highest BCUT2D eigenvalue weighted by Crippen LogP contribution is 2.23. The lowest BCUT2D eigenvalue weighted by Gasteiger charge is -2.29. The predicted octanol–water partition coefficient (Wildman–Crippen LogP) is 0.487. The van der Waals surface area contributed by atoms with E-state index in [4.69, 9.17) is 10.8 Å². The maximum Gasteiger partial charge on any atom is 0.224 e. The van der Waals surface area contributed by atoms with E-state index in [-0.39, 0.29) is 18.6 Å². The first-order chi connectivity index (χ1) is 7.15. The lowest BCUT2D eigenvalue weighted by Crippen LogP contribution is -2.42. The first-order valence-corrected chi connectivity index (χ1v) is 5.81. The lowest BCUT2D eigenvalue weighted by atomic mass is 10.1. The van der Waals surface area contributed by atoms with E-state index >= 15 is 0 Å². The van der Waals surface area contributed by atoms with Gasteiger partial charge in [0, 0.05) is 25.0 Å². The molecule has 3 N–H and O–H groups in total. The third-order valence-electron chi connectivity index (χ3n) is 2.92. The molecule has 0 heterocycles. The van der Waals surface area contributed by atoms with E-state index in [0.29, 0.717) is 19.0 Å². The minimum Gasteiger partial charge on any atom is -0.395 e. The molecule has 0 aromatic rings. The van der Waals surface area contributed by atoms with Crippen molar-refractivity contribution >= 4 is 5.91 Å². The number of aliphatic hydroxyl groups excluding tert-OH is 1. The number of carbonyl (C=O) groups is 1. The van der Waals surface area contributed by atoms with Gasteiger partial charge < -0.3 is 15.7 Å². The highest BCUT2D eigenvalue weighted by Gasteiger charge is 2.26. The minimum absolute atomic E-state index is 0.0428. The Hall–Kier alpha value is -0.610. The summed E-state index contributed by atoms with van der Waals surface area (Å²) in [6.07, 6.45) is 4.92. The molecule has 88 valence electrons. The standard InChI is InChI=1S/C11H22N2O2/c1-9(12)8-11(15)13(6-7-14)10-4-2-3-5-10/h9-10,14H,2-8,12H2,1H3. The molecule has 15 heavy (non-hydrogen) atoms. The second kappa shape index (κ2) is 6.08. The molecular formula is C11H22N2O2. The van der Waals surface area contributed by atoms with Gasteiger partial charge in [0.15, 0.2) is 0 Å². The number of carbonyl (C=O) groups excluding carboxylic acids is 1. The molecule has 0 radical (unpaired) electrons. The fourth-order valence-electron chi connectivity index (χ4n) is 2.23. The van der Waals surface area contributed by atoms with E-state index < -0.39 is 0 Å². The van der Waals surface area contributed by atoms with Crippen molar-refractivity contribution in [1.29, 1.82) is 0 Å². The Kier molecular flexibility index (Phi) is 5.05. The van der Waals surface area contributed by atoms with Gasteiger partial charge in [-0.15, -0.1) is 0 Å². The number of nitrogens with zero attached hydrogens (tertiary/aromatic N) is 1. The van der Waals surface area contributed by atoms with E-state index in [1.54, 1.807) is 0 Å². The highest BCUT2D eigenvalue weighted by molar-refractivity contribution is 5.77. The van der Waals surface area contributed by atoms with Crippen molar-refractivity contribution in [2.45, 2.75) is 51.1 Å². The van der Waals surface area contributed by atoms with E-state index in [2.05, 4.69) is 0 Å². The monoisotopic (exact) mass is 214 g/mol. The third kappa shape index (κ3) is 3.80. The normalized spacial score (nSPS) is 19.1. The van der Waals surface area contributed by atoms with Crippen LogP contribution in [0.25, 0.3) is 0 Å². The molecule has 0 aromatic heterocycles. The van der Waals surface area contributed by atoms with E-state index in [1.807, 2.05) is 11.8 Å². The van der Waals surface area contributed by atoms with Crippen LogP contribution in [0.3, 0.4) is 0 Å². The van der Waals surface area contributed by atoms with Crippen LogP contribution in [0.2, 0.25) is 0 Å². The SMILES string of the molecule is CC(N)CC(=O)N(CCO)C1CCCC1. The van der Waals surface area contributed by atoms with Crippen LogP contribution in [0.5, 0.6) is 0 Å². The van der Waals surface area contributed by atoms with Gasteiger partial charge in [-0.25, -0.2) is 0 Å². The van der Waals surface area contributed by atoms with Crippen molar-refractivity contribution in [3.05, 3.63) is 0 Å². The number of amides is 1. The molecule has 1 unspecified atom stereocenters. The van der Waals surface area contributed by atoms with Gasteiger partial charge in [0.25, 0.3) is 0 Å². The Morgan fingerprint density at radius 1 is 1.53 bits per heavy atom. The van der Waals surface area contributed by atoms with Crippen molar-refractivity contribution in [3.8, 4) is 0 Å². The second-order valence-corrected chi connectivity index (χ2v) is 4.43. The number of hydrogen-bond acceptors (Lipinski definition) is 3. The summed E-state index contributed by atoms with van der Waals surface area (Å²) in [5.41, 5.74) is 5.62. The molecule has 1 amide bonds. The zero-order chi connectivity index (χ0) is 11.3. The van der Waals surface area contributed by atoms with Crippen molar-refractivity contribution in [1.82, 2.24) is 4.90 Å². The quantitative estimate of drug-likeness (QED) is 0.700. The zero-order valence-corrected chi connectivity index (χ0v) is 9.48. The Morgan fingerprint density at radius 3 is 2.60 bits per heavy atom. The first kappa shape index (κ1) is 12.5. The summed E-state index contributed by atoms with van der Waals surface area (Å²) in [6, 6.07) is 0.239. The second-order valence-electron chi connectivity index (χ2n) is 4.43. The van der Waals surface area contributed by atoms with E-state index in [0.717, 1.165) is 12.8 Å². The minimum atomic E-state index is -0.0971. The van der Waals surface area contributed by atoms with Gasteiger partial charge in [0.05, 0.1) is 6.61 Å². The molecule has 1 atom stereocenters. The number of aliphatic hydroxyl groups is 1. The third-order valence-corrected chi connectivity index (χ3v) is 2.92. The summed E-state index contributed by atoms with van der Waals surface area (Å²) in [6.45, 7) is 2.33. The van der Waals surface area contributed by atoms with Crippen LogP contribution < -0.4 is 5.73 Å². The number of hydrogen-bond donors (Lipinski definition) is 2. The Morgan fingerprint density at radius 2 is 2.13 bits per heavy atom. The smallest absolute Gasteiger partial charge is 0.224 e. The average Bonchev–Trinajstić information content (AvgIpc) is 2.65. The molecule has 1 saturated carbocycles. The van der Waals surface area contributed by atoms with Crippen LogP contribution in [0.15, 0.2) is 0 Å². The first-order valence-electron chi connectivity index (χ1n) is 5.81. The summed E-state index contributed by atoms with van der Waals surface area (Å²) in [4.78, 5) is 13.7. The molecule has 0 spiro atoms. The fourth-order valence-corrected chi connectivity index (χ4v) is 2.23. The molecule has 0 saturated heterocycles. The number of nitrogens with two attached hydrogens (primary N) is 1. The van der Waals surface area contributed by atoms with Gasteiger partial charge in [-0.3, -0.25) is 4.79 Å². The molecule has 4 nitrogen and oxygen atoms in total. The van der Waals surface area contributed by atoms with Crippen LogP contribution in [0.4, 0.5) is 0 Å². The maximum atomic E-state index is 11.9. The molecule has 0 bridgehead atoms. The van der Waals surface area contributed by atoms with Crippen molar-refractivity contribution in [2.75, 3.05) is 13.2 Å². The Bertz CT molecular complexity index is 201. The lowest BCUT2D eigenvalue weighted by molar-refractivity contribution is -0.134. The molecule has 1 aliphatic rings. The largest absolute Gasteiger partial charge is 0.395 e. The summed E-state index contributed by atoms with van der Waals surface area (Å²) in [7, 11) is 0. The van der Waals surface area contributed by atoms with Crippen molar-refractivity contribution in [3.63, 3.8) is 0 Å². The van der Waals surface area contributed by atoms with Crippen LogP contribution >= 0.6 is 0 Å². The molecule has 1 rings (SSSR count). The van der Waals surface area contributed by atoms with E-state index in [1.165, 1.54) is 12.8 Å². The van der Waals surface area contributed by atoms with Gasteiger partial charge in [0.2, 0.25) is 5.91 Å². The summed E-state index contributed by atoms with van der Waals surface area (Å²) in [5.74, 6) is 0.0888. The molecule has 1 aliphatic carbocycles. The molecule has 0 aliphatic heterocycles. The summed E-state index contributed by atoms with van der Waals surface area (Å²) >= 11 is 0. The van der Waals surface area contributed by atoms with E-state index in [9.17, 15) is 4.79 Å². The summed E-state index contributed by atoms with van der Waals surface area (Å²) < 4.78 is 0. The van der Waals surface area contributed by atoms with Crippen molar-refractivity contribution < 1.29 is 9.90 Å². The topological polar surface area (TPSA) is 66.6 Å². The van der Waals surface area contributed by atoms with Crippen LogP contribution in [0.1, 0.15) is 39.0 Å². The highest BCUT2D eigenvalue weighted by atomic mass is 16.3. The van der Waals surface area contributed by atoms with Gasteiger partial charge in [-0.2, -0.15) is 0 Å². The van der Waals surface area contributed by atoms with Crippen LogP contribution in [0, 0.1) is 0 Å². The van der Waals surface area contributed by atoms with Crippen LogP contribution in [-0.2, 0) is 4.79 Å².